The van der Waals surface area contributed by atoms with Crippen LogP contribution in [-0.4, -0.2) is 18.5 Å². The minimum Gasteiger partial charge on any atom is -0.356 e. The van der Waals surface area contributed by atoms with E-state index in [0.29, 0.717) is 19.4 Å². The summed E-state index contributed by atoms with van der Waals surface area (Å²) in [6.45, 7) is 2.70. The third kappa shape index (κ3) is 9.16. The van der Waals surface area contributed by atoms with Crippen LogP contribution in [0.1, 0.15) is 45.4 Å². The molecule has 0 bridgehead atoms. The molecule has 0 spiro atoms. The molecule has 0 aliphatic carbocycles. The maximum absolute atomic E-state index is 11.7. The fraction of sp³-hybridized carbons (Fsp3) is 0.800. The van der Waals surface area contributed by atoms with Gasteiger partial charge in [-0.2, -0.15) is 4.39 Å². The molecule has 0 unspecified atom stereocenters. The Hall–Kier alpha value is -0.930. The molecule has 1 amide bonds. The van der Waals surface area contributed by atoms with Gasteiger partial charge in [0.25, 0.3) is 0 Å². The van der Waals surface area contributed by atoms with Crippen molar-refractivity contribution in [2.45, 2.75) is 45.4 Å². The highest BCUT2D eigenvalue weighted by Gasteiger charge is 2.01. The van der Waals surface area contributed by atoms with Crippen LogP contribution in [0, 0.1) is 0 Å². The number of carbonyl (C=O) groups excluding carboxylic acids is 2. The highest BCUT2D eigenvalue weighted by atomic mass is 19.1. The van der Waals surface area contributed by atoms with Crippen LogP contribution in [0.2, 0.25) is 0 Å². The third-order valence-corrected chi connectivity index (χ3v) is 1.85. The first-order valence-electron chi connectivity index (χ1n) is 5.11. The van der Waals surface area contributed by atoms with Crippen LogP contribution in [0.25, 0.3) is 0 Å². The lowest BCUT2D eigenvalue weighted by atomic mass is 10.1. The number of hydrogen-bond acceptors (Lipinski definition) is 2. The summed E-state index contributed by atoms with van der Waals surface area (Å²) in [6.07, 6.45) is 3.38. The zero-order valence-electron chi connectivity index (χ0n) is 8.64. The number of nitrogens with one attached hydrogen (secondary N) is 1. The van der Waals surface area contributed by atoms with Crippen molar-refractivity contribution in [2.75, 3.05) is 6.54 Å². The average Bonchev–Trinajstić information content (AvgIpc) is 2.13. The lowest BCUT2D eigenvalue weighted by Crippen LogP contribution is -2.23. The zero-order valence-corrected chi connectivity index (χ0v) is 8.64. The fourth-order valence-corrected chi connectivity index (χ4v) is 1.08. The van der Waals surface area contributed by atoms with Crippen molar-refractivity contribution < 1.29 is 14.0 Å². The highest BCUT2D eigenvalue weighted by molar-refractivity contribution is 5.75. The Morgan fingerprint density at radius 1 is 1.14 bits per heavy atom. The monoisotopic (exact) mass is 203 g/mol. The molecule has 0 fully saturated rings. The van der Waals surface area contributed by atoms with Gasteiger partial charge in [0.05, 0.1) is 0 Å². The molecule has 0 aliphatic heterocycles. The Morgan fingerprint density at radius 2 is 1.79 bits per heavy atom. The number of carbonyl (C=O) groups is 2. The SMILES string of the molecule is CCCNC(=O)CCCCCC(=O)F. The quantitative estimate of drug-likeness (QED) is 0.484. The molecule has 0 saturated carbocycles. The van der Waals surface area contributed by atoms with E-state index in [9.17, 15) is 14.0 Å². The molecular weight excluding hydrogens is 185 g/mol. The van der Waals surface area contributed by atoms with E-state index in [2.05, 4.69) is 5.32 Å². The predicted octanol–water partition coefficient (Wildman–Crippen LogP) is 1.96. The molecule has 0 aliphatic rings. The molecule has 3 nitrogen and oxygen atoms in total. The summed E-state index contributed by atoms with van der Waals surface area (Å²) in [5.74, 6) is 0.0402. The van der Waals surface area contributed by atoms with Crippen LogP contribution in [-0.2, 0) is 9.59 Å². The lowest BCUT2D eigenvalue weighted by Gasteiger charge is -2.02. The summed E-state index contributed by atoms with van der Waals surface area (Å²) in [5, 5.41) is 2.75. The first kappa shape index (κ1) is 13.1. The van der Waals surface area contributed by atoms with Gasteiger partial charge in [-0.05, 0) is 19.3 Å². The number of hydrogen-bond donors (Lipinski definition) is 1. The van der Waals surface area contributed by atoms with Gasteiger partial charge in [0, 0.05) is 19.4 Å². The Labute approximate surface area is 84.1 Å². The van der Waals surface area contributed by atoms with E-state index in [1.54, 1.807) is 0 Å². The van der Waals surface area contributed by atoms with Crippen molar-refractivity contribution in [3.8, 4) is 0 Å². The van der Waals surface area contributed by atoms with E-state index in [1.165, 1.54) is 0 Å². The fourth-order valence-electron chi connectivity index (χ4n) is 1.08. The lowest BCUT2D eigenvalue weighted by molar-refractivity contribution is -0.129. The summed E-state index contributed by atoms with van der Waals surface area (Å²) in [7, 11) is 0. The van der Waals surface area contributed by atoms with Gasteiger partial charge in [-0.25, -0.2) is 0 Å². The third-order valence-electron chi connectivity index (χ3n) is 1.85. The van der Waals surface area contributed by atoms with Crippen LogP contribution in [0.4, 0.5) is 4.39 Å². The van der Waals surface area contributed by atoms with Gasteiger partial charge in [-0.15, -0.1) is 0 Å². The van der Waals surface area contributed by atoms with Crippen molar-refractivity contribution in [1.82, 2.24) is 5.32 Å². The number of amides is 1. The van der Waals surface area contributed by atoms with E-state index >= 15 is 0 Å². The molecule has 0 radical (unpaired) electrons. The van der Waals surface area contributed by atoms with Crippen LogP contribution < -0.4 is 5.32 Å². The van der Waals surface area contributed by atoms with Crippen molar-refractivity contribution in [2.24, 2.45) is 0 Å². The number of rotatable bonds is 8. The summed E-state index contributed by atoms with van der Waals surface area (Å²) in [4.78, 5) is 21.0. The molecule has 4 heteroatoms. The van der Waals surface area contributed by atoms with Crippen molar-refractivity contribution in [3.63, 3.8) is 0 Å². The van der Waals surface area contributed by atoms with Gasteiger partial charge in [-0.1, -0.05) is 13.3 Å². The molecule has 0 aromatic rings. The van der Waals surface area contributed by atoms with E-state index < -0.39 is 6.04 Å². The minimum absolute atomic E-state index is 0.0173. The van der Waals surface area contributed by atoms with E-state index in [-0.39, 0.29) is 12.3 Å². The second-order valence-electron chi connectivity index (χ2n) is 3.27. The van der Waals surface area contributed by atoms with Crippen molar-refractivity contribution >= 4 is 11.9 Å². The van der Waals surface area contributed by atoms with Crippen molar-refractivity contribution in [3.05, 3.63) is 0 Å². The van der Waals surface area contributed by atoms with E-state index in [4.69, 9.17) is 0 Å². The molecule has 0 aromatic carbocycles. The molecule has 0 aromatic heterocycles. The molecule has 0 saturated heterocycles. The molecule has 0 rings (SSSR count). The molecular formula is C10H18FNO2. The van der Waals surface area contributed by atoms with Crippen LogP contribution in [0.5, 0.6) is 0 Å². The summed E-state index contributed by atoms with van der Waals surface area (Å²) < 4.78 is 11.7. The van der Waals surface area contributed by atoms with Gasteiger partial charge in [-0.3, -0.25) is 9.59 Å². The van der Waals surface area contributed by atoms with E-state index in [1.807, 2.05) is 6.92 Å². The molecule has 1 N–H and O–H groups in total. The normalized spacial score (nSPS) is 9.86. The van der Waals surface area contributed by atoms with Crippen LogP contribution in [0.3, 0.4) is 0 Å². The maximum Gasteiger partial charge on any atom is 0.301 e. The highest BCUT2D eigenvalue weighted by Crippen LogP contribution is 2.03. The number of unbranched alkanes of at least 4 members (excludes halogenated alkanes) is 2. The Kier molecular flexibility index (Phi) is 8.08. The van der Waals surface area contributed by atoms with Gasteiger partial charge >= 0.3 is 6.04 Å². The van der Waals surface area contributed by atoms with Gasteiger partial charge < -0.3 is 5.32 Å². The van der Waals surface area contributed by atoms with Crippen molar-refractivity contribution in [1.29, 1.82) is 0 Å². The van der Waals surface area contributed by atoms with Crippen LogP contribution >= 0.6 is 0 Å². The Morgan fingerprint density at radius 3 is 2.36 bits per heavy atom. The molecule has 0 atom stereocenters. The second-order valence-corrected chi connectivity index (χ2v) is 3.27. The summed E-state index contributed by atoms with van der Waals surface area (Å²) in [6, 6.07) is -1.26. The maximum atomic E-state index is 11.7. The summed E-state index contributed by atoms with van der Waals surface area (Å²) >= 11 is 0. The Balaban J connectivity index is 3.19. The van der Waals surface area contributed by atoms with E-state index in [0.717, 1.165) is 19.3 Å². The van der Waals surface area contributed by atoms with Gasteiger partial charge in [0.1, 0.15) is 0 Å². The Bertz CT molecular complexity index is 183. The van der Waals surface area contributed by atoms with Crippen LogP contribution in [0.15, 0.2) is 0 Å². The number of halogens is 1. The minimum atomic E-state index is -1.26. The zero-order chi connectivity index (χ0) is 10.8. The smallest absolute Gasteiger partial charge is 0.301 e. The molecule has 0 heterocycles. The first-order chi connectivity index (χ1) is 6.66. The topological polar surface area (TPSA) is 46.2 Å². The standard InChI is InChI=1S/C10H18FNO2/c1-2-8-12-10(14)7-5-3-4-6-9(11)13/h2-8H2,1H3,(H,12,14). The average molecular weight is 203 g/mol. The molecule has 82 valence electrons. The van der Waals surface area contributed by atoms with Gasteiger partial charge in [0.15, 0.2) is 0 Å². The summed E-state index contributed by atoms with van der Waals surface area (Å²) in [5.41, 5.74) is 0. The van der Waals surface area contributed by atoms with Gasteiger partial charge in [0.2, 0.25) is 5.91 Å². The first-order valence-corrected chi connectivity index (χ1v) is 5.11. The second kappa shape index (κ2) is 8.66. The largest absolute Gasteiger partial charge is 0.356 e. The molecule has 14 heavy (non-hydrogen) atoms. The predicted molar refractivity (Wildman–Crippen MR) is 52.5 cm³/mol.